The predicted octanol–water partition coefficient (Wildman–Crippen LogP) is 6.10. The summed E-state index contributed by atoms with van der Waals surface area (Å²) in [6, 6.07) is 6.38. The van der Waals surface area contributed by atoms with Crippen LogP contribution in [0.25, 0.3) is 38.6 Å². The minimum atomic E-state index is -0.823. The number of fused-ring (bicyclic) bond motifs is 6. The summed E-state index contributed by atoms with van der Waals surface area (Å²) in [7, 11) is 0. The lowest BCUT2D eigenvalue weighted by molar-refractivity contribution is -0.128. The minimum absolute atomic E-state index is 0.00551. The first-order valence-electron chi connectivity index (χ1n) is 15.2. The Labute approximate surface area is 259 Å². The van der Waals surface area contributed by atoms with Crippen LogP contribution in [0.4, 0.5) is 14.5 Å². The van der Waals surface area contributed by atoms with E-state index in [9.17, 15) is 9.59 Å². The van der Waals surface area contributed by atoms with Crippen molar-refractivity contribution in [2.75, 3.05) is 18.0 Å². The maximum absolute atomic E-state index is 17.5. The van der Waals surface area contributed by atoms with Gasteiger partial charge in [-0.05, 0) is 62.1 Å². The van der Waals surface area contributed by atoms with Crippen molar-refractivity contribution in [2.24, 2.45) is 0 Å². The smallest absolute Gasteiger partial charge is 0.261 e. The highest BCUT2D eigenvalue weighted by Gasteiger charge is 2.42. The molecule has 8 nitrogen and oxygen atoms in total. The lowest BCUT2D eigenvalue weighted by Gasteiger charge is -2.43. The maximum atomic E-state index is 17.5. The summed E-state index contributed by atoms with van der Waals surface area (Å²) in [6.07, 6.45) is 4.89. The van der Waals surface area contributed by atoms with Crippen LogP contribution in [0, 0.1) is 25.5 Å². The normalized spacial score (nSPS) is 17.8. The first-order chi connectivity index (χ1) is 21.5. The molecule has 0 radical (unpaired) electrons. The standard InChI is InChI=1S/C35H34F2N6O2/c1-7-27(44)41-16-21-12-23-33(42(21)15-20(41)6)22-13-25(36)29(28-18(4)8-9-26-24(28)14-39-40-26)30(37)34(22)43(35(23)45)32-19(5)10-11-38-31(32)17(2)3/h7-11,13-14,17,20-21H,1,12,15-16H2,2-6H3,(H,39,40). The number of hydrogen-bond donors (Lipinski definition) is 1. The molecule has 2 aliphatic heterocycles. The molecule has 10 heteroatoms. The Morgan fingerprint density at radius 2 is 1.87 bits per heavy atom. The third-order valence-corrected chi connectivity index (χ3v) is 9.45. The van der Waals surface area contributed by atoms with Crippen molar-refractivity contribution in [2.45, 2.75) is 59.0 Å². The number of nitrogens with one attached hydrogen (secondary N) is 1. The molecular formula is C35H34F2N6O2. The van der Waals surface area contributed by atoms with E-state index < -0.39 is 11.6 Å². The number of nitrogens with zero attached hydrogens (tertiary/aromatic N) is 5. The summed E-state index contributed by atoms with van der Waals surface area (Å²) in [6.45, 7) is 14.0. The summed E-state index contributed by atoms with van der Waals surface area (Å²) in [4.78, 5) is 35.9. The van der Waals surface area contributed by atoms with Crippen LogP contribution in [0.3, 0.4) is 0 Å². The number of rotatable bonds is 4. The van der Waals surface area contributed by atoms with Gasteiger partial charge in [0.15, 0.2) is 5.82 Å². The van der Waals surface area contributed by atoms with E-state index in [1.807, 2.05) is 33.8 Å². The Morgan fingerprint density at radius 3 is 2.60 bits per heavy atom. The molecule has 1 fully saturated rings. The van der Waals surface area contributed by atoms with Gasteiger partial charge >= 0.3 is 0 Å². The fourth-order valence-electron chi connectivity index (χ4n) is 7.35. The molecule has 5 heterocycles. The second-order valence-electron chi connectivity index (χ2n) is 12.6. The first kappa shape index (κ1) is 28.9. The maximum Gasteiger partial charge on any atom is 0.261 e. The van der Waals surface area contributed by atoms with E-state index in [1.54, 1.807) is 36.4 Å². The van der Waals surface area contributed by atoms with Crippen molar-refractivity contribution in [3.05, 3.63) is 93.7 Å². The van der Waals surface area contributed by atoms with Crippen LogP contribution in [0.5, 0.6) is 0 Å². The van der Waals surface area contributed by atoms with Crippen LogP contribution >= 0.6 is 0 Å². The molecule has 5 aromatic rings. The van der Waals surface area contributed by atoms with E-state index >= 15 is 8.78 Å². The Morgan fingerprint density at radius 1 is 1.09 bits per heavy atom. The van der Waals surface area contributed by atoms with Gasteiger partial charge in [0, 0.05) is 53.6 Å². The molecule has 230 valence electrons. The molecule has 2 atom stereocenters. The van der Waals surface area contributed by atoms with Crippen molar-refractivity contribution in [3.63, 3.8) is 0 Å². The Hall–Kier alpha value is -4.86. The molecule has 7 rings (SSSR count). The molecule has 45 heavy (non-hydrogen) atoms. The Bertz CT molecular complexity index is 2130. The average molecular weight is 609 g/mol. The molecule has 2 unspecified atom stereocenters. The van der Waals surface area contributed by atoms with Gasteiger partial charge in [0.25, 0.3) is 5.56 Å². The fourth-order valence-corrected chi connectivity index (χ4v) is 7.35. The summed E-state index contributed by atoms with van der Waals surface area (Å²) >= 11 is 0. The molecule has 0 bridgehead atoms. The number of benzene rings is 2. The van der Waals surface area contributed by atoms with Crippen molar-refractivity contribution >= 4 is 33.4 Å². The van der Waals surface area contributed by atoms with Gasteiger partial charge in [-0.25, -0.2) is 8.78 Å². The zero-order valence-corrected chi connectivity index (χ0v) is 25.9. The highest BCUT2D eigenvalue weighted by atomic mass is 19.1. The van der Waals surface area contributed by atoms with Crippen molar-refractivity contribution in [3.8, 4) is 16.8 Å². The molecule has 0 aliphatic carbocycles. The molecule has 1 amide bonds. The molecule has 0 spiro atoms. The number of aryl methyl sites for hydroxylation is 2. The van der Waals surface area contributed by atoms with Crippen LogP contribution in [0.2, 0.25) is 0 Å². The van der Waals surface area contributed by atoms with Gasteiger partial charge in [0.05, 0.1) is 45.9 Å². The van der Waals surface area contributed by atoms with Crippen molar-refractivity contribution in [1.82, 2.24) is 24.6 Å². The van der Waals surface area contributed by atoms with E-state index in [1.165, 1.54) is 16.7 Å². The van der Waals surface area contributed by atoms with Crippen LogP contribution in [0.15, 0.2) is 54.1 Å². The van der Waals surface area contributed by atoms with Crippen LogP contribution in [0.1, 0.15) is 49.1 Å². The Balaban J connectivity index is 1.61. The third-order valence-electron chi connectivity index (χ3n) is 9.45. The number of piperazine rings is 1. The quantitative estimate of drug-likeness (QED) is 0.250. The number of hydrogen-bond acceptors (Lipinski definition) is 5. The predicted molar refractivity (Wildman–Crippen MR) is 172 cm³/mol. The molecule has 2 aliphatic rings. The van der Waals surface area contributed by atoms with Gasteiger partial charge in [-0.1, -0.05) is 26.5 Å². The monoisotopic (exact) mass is 608 g/mol. The van der Waals surface area contributed by atoms with E-state index in [4.69, 9.17) is 0 Å². The van der Waals surface area contributed by atoms with Crippen LogP contribution < -0.4 is 10.5 Å². The number of amides is 1. The molecule has 3 aromatic heterocycles. The van der Waals surface area contributed by atoms with E-state index in [0.29, 0.717) is 69.6 Å². The van der Waals surface area contributed by atoms with E-state index in [-0.39, 0.29) is 40.5 Å². The summed E-state index contributed by atoms with van der Waals surface area (Å²) in [5.41, 5.74) is 4.04. The second-order valence-corrected chi connectivity index (χ2v) is 12.6. The first-order valence-corrected chi connectivity index (χ1v) is 15.2. The second kappa shape index (κ2) is 10.4. The highest BCUT2D eigenvalue weighted by Crippen LogP contribution is 2.45. The third kappa shape index (κ3) is 4.14. The summed E-state index contributed by atoms with van der Waals surface area (Å²) in [5.74, 6) is -1.81. The van der Waals surface area contributed by atoms with Crippen LogP contribution in [-0.4, -0.2) is 55.7 Å². The van der Waals surface area contributed by atoms with Gasteiger partial charge in [0.1, 0.15) is 5.82 Å². The lowest BCUT2D eigenvalue weighted by atomic mass is 9.93. The van der Waals surface area contributed by atoms with Gasteiger partial charge in [-0.15, -0.1) is 0 Å². The van der Waals surface area contributed by atoms with Crippen molar-refractivity contribution < 1.29 is 13.6 Å². The summed E-state index contributed by atoms with van der Waals surface area (Å²) in [5, 5.41) is 7.91. The number of pyridine rings is 2. The lowest BCUT2D eigenvalue weighted by Crippen LogP contribution is -2.57. The number of carbonyl (C=O) groups excluding carboxylic acids is 1. The van der Waals surface area contributed by atoms with E-state index in [0.717, 1.165) is 5.56 Å². The molecular weight excluding hydrogens is 574 g/mol. The van der Waals surface area contributed by atoms with Gasteiger partial charge < -0.3 is 9.80 Å². The number of aromatic nitrogens is 4. The summed E-state index contributed by atoms with van der Waals surface area (Å²) < 4.78 is 35.4. The topological polar surface area (TPSA) is 87.1 Å². The molecule has 1 N–H and O–H groups in total. The largest absolute Gasteiger partial charge is 0.363 e. The van der Waals surface area contributed by atoms with Gasteiger partial charge in [0.2, 0.25) is 5.91 Å². The van der Waals surface area contributed by atoms with Gasteiger partial charge in [-0.3, -0.25) is 24.2 Å². The number of anilines is 1. The number of H-pyrrole nitrogens is 1. The average Bonchev–Trinajstić information content (AvgIpc) is 3.63. The van der Waals surface area contributed by atoms with Gasteiger partial charge in [-0.2, -0.15) is 5.10 Å². The fraction of sp³-hybridized carbons (Fsp3) is 0.314. The SMILES string of the molecule is C=CC(=O)N1CC2Cc3c(c4cc(F)c(-c5c(C)ccc6[nH]ncc56)c(F)c4n(-c4c(C)ccnc4C(C)C)c3=O)N2CC1C. The Kier molecular flexibility index (Phi) is 6.65. The number of aromatic amines is 1. The number of carbonyl (C=O) groups is 1. The van der Waals surface area contributed by atoms with E-state index in [2.05, 4.69) is 26.7 Å². The molecule has 1 saturated heterocycles. The van der Waals surface area contributed by atoms with Crippen LogP contribution in [-0.2, 0) is 11.2 Å². The highest BCUT2D eigenvalue weighted by molar-refractivity contribution is 6.03. The zero-order valence-electron chi connectivity index (χ0n) is 25.9. The molecule has 0 saturated carbocycles. The molecule has 2 aromatic carbocycles. The minimum Gasteiger partial charge on any atom is -0.363 e. The zero-order chi connectivity index (χ0) is 31.9. The van der Waals surface area contributed by atoms with Crippen molar-refractivity contribution in [1.29, 1.82) is 0 Å². The number of halogens is 2.